The lowest BCUT2D eigenvalue weighted by Crippen LogP contribution is -2.31. The molecule has 3 heteroatoms. The van der Waals surface area contributed by atoms with Crippen LogP contribution in [0.15, 0.2) is 12.1 Å². The lowest BCUT2D eigenvalue weighted by molar-refractivity contribution is -0.129. The molecule has 0 saturated carbocycles. The summed E-state index contributed by atoms with van der Waals surface area (Å²) in [6.45, 7) is 7.95. The Morgan fingerprint density at radius 3 is 2.42 bits per heavy atom. The SMILES string of the molecule is CNCCC(=O)N(C)CCc1cc(C)c(C)cc1C. The van der Waals surface area contributed by atoms with Crippen molar-refractivity contribution >= 4 is 5.91 Å². The molecule has 0 unspecified atom stereocenters. The van der Waals surface area contributed by atoms with Crippen LogP contribution in [0.4, 0.5) is 0 Å². The van der Waals surface area contributed by atoms with E-state index in [4.69, 9.17) is 0 Å². The third kappa shape index (κ3) is 4.67. The van der Waals surface area contributed by atoms with Crippen LogP contribution in [0.2, 0.25) is 0 Å². The molecule has 0 aliphatic carbocycles. The monoisotopic (exact) mass is 262 g/mol. The van der Waals surface area contributed by atoms with Crippen LogP contribution in [0.3, 0.4) is 0 Å². The highest BCUT2D eigenvalue weighted by Crippen LogP contribution is 2.16. The van der Waals surface area contributed by atoms with Crippen molar-refractivity contribution in [3.8, 4) is 0 Å². The second-order valence-corrected chi connectivity index (χ2v) is 5.28. The van der Waals surface area contributed by atoms with Crippen molar-refractivity contribution in [2.45, 2.75) is 33.6 Å². The van der Waals surface area contributed by atoms with E-state index in [-0.39, 0.29) is 5.91 Å². The van der Waals surface area contributed by atoms with Gasteiger partial charge in [0.2, 0.25) is 5.91 Å². The van der Waals surface area contributed by atoms with Crippen molar-refractivity contribution < 1.29 is 4.79 Å². The summed E-state index contributed by atoms with van der Waals surface area (Å²) in [5.74, 6) is 0.204. The van der Waals surface area contributed by atoms with Crippen LogP contribution in [-0.4, -0.2) is 38.0 Å². The molecule has 0 heterocycles. The largest absolute Gasteiger partial charge is 0.345 e. The number of aryl methyl sites for hydroxylation is 3. The zero-order valence-corrected chi connectivity index (χ0v) is 12.8. The van der Waals surface area contributed by atoms with Crippen molar-refractivity contribution in [2.75, 3.05) is 27.2 Å². The highest BCUT2D eigenvalue weighted by atomic mass is 16.2. The second-order valence-electron chi connectivity index (χ2n) is 5.28. The third-order valence-electron chi connectivity index (χ3n) is 3.68. The van der Waals surface area contributed by atoms with Gasteiger partial charge in [-0.3, -0.25) is 4.79 Å². The molecule has 1 aromatic rings. The molecule has 1 N–H and O–H groups in total. The fourth-order valence-corrected chi connectivity index (χ4v) is 2.13. The van der Waals surface area contributed by atoms with Gasteiger partial charge in [0.1, 0.15) is 0 Å². The molecule has 19 heavy (non-hydrogen) atoms. The molecule has 0 aliphatic rings. The molecular formula is C16H26N2O. The van der Waals surface area contributed by atoms with Gasteiger partial charge in [-0.05, 0) is 56.5 Å². The van der Waals surface area contributed by atoms with Gasteiger partial charge >= 0.3 is 0 Å². The first-order valence-corrected chi connectivity index (χ1v) is 6.91. The first-order chi connectivity index (χ1) is 8.95. The smallest absolute Gasteiger partial charge is 0.223 e. The fourth-order valence-electron chi connectivity index (χ4n) is 2.13. The van der Waals surface area contributed by atoms with Crippen LogP contribution in [0.5, 0.6) is 0 Å². The van der Waals surface area contributed by atoms with E-state index in [1.54, 1.807) is 0 Å². The number of amides is 1. The van der Waals surface area contributed by atoms with Crippen molar-refractivity contribution in [3.05, 3.63) is 34.4 Å². The van der Waals surface area contributed by atoms with E-state index in [1.807, 2.05) is 19.0 Å². The topological polar surface area (TPSA) is 32.3 Å². The molecule has 1 rings (SSSR count). The Labute approximate surface area is 117 Å². The minimum Gasteiger partial charge on any atom is -0.345 e. The van der Waals surface area contributed by atoms with Crippen molar-refractivity contribution in [1.82, 2.24) is 10.2 Å². The molecule has 0 saturated heterocycles. The summed E-state index contributed by atoms with van der Waals surface area (Å²) in [5, 5.41) is 3.00. The number of hydrogen-bond donors (Lipinski definition) is 1. The molecule has 0 spiro atoms. The predicted molar refractivity (Wildman–Crippen MR) is 80.5 cm³/mol. The zero-order chi connectivity index (χ0) is 14.4. The first-order valence-electron chi connectivity index (χ1n) is 6.91. The number of carbonyl (C=O) groups is 1. The normalized spacial score (nSPS) is 10.6. The van der Waals surface area contributed by atoms with Gasteiger partial charge in [0.25, 0.3) is 0 Å². The summed E-state index contributed by atoms with van der Waals surface area (Å²) in [4.78, 5) is 13.6. The van der Waals surface area contributed by atoms with Crippen molar-refractivity contribution in [3.63, 3.8) is 0 Å². The lowest BCUT2D eigenvalue weighted by atomic mass is 9.99. The molecule has 0 aromatic heterocycles. The number of likely N-dealkylation sites (N-methyl/N-ethyl adjacent to an activating group) is 1. The first kappa shape index (κ1) is 15.7. The molecule has 106 valence electrons. The van der Waals surface area contributed by atoms with Crippen LogP contribution < -0.4 is 5.32 Å². The molecule has 0 bridgehead atoms. The number of carbonyl (C=O) groups excluding carboxylic acids is 1. The number of nitrogens with one attached hydrogen (secondary N) is 1. The summed E-state index contributed by atoms with van der Waals surface area (Å²) >= 11 is 0. The summed E-state index contributed by atoms with van der Waals surface area (Å²) in [7, 11) is 3.75. The van der Waals surface area contributed by atoms with Gasteiger partial charge in [-0.15, -0.1) is 0 Å². The van der Waals surface area contributed by atoms with Gasteiger partial charge < -0.3 is 10.2 Å². The molecule has 0 radical (unpaired) electrons. The summed E-state index contributed by atoms with van der Waals surface area (Å²) in [6, 6.07) is 4.48. The van der Waals surface area contributed by atoms with Crippen molar-refractivity contribution in [2.24, 2.45) is 0 Å². The highest BCUT2D eigenvalue weighted by molar-refractivity contribution is 5.76. The van der Waals surface area contributed by atoms with Gasteiger partial charge in [-0.2, -0.15) is 0 Å². The van der Waals surface area contributed by atoms with Gasteiger partial charge in [0.15, 0.2) is 0 Å². The molecule has 0 fully saturated rings. The number of hydrogen-bond acceptors (Lipinski definition) is 2. The van der Waals surface area contributed by atoms with Gasteiger partial charge in [-0.25, -0.2) is 0 Å². The number of benzene rings is 1. The number of nitrogens with zero attached hydrogens (tertiary/aromatic N) is 1. The van der Waals surface area contributed by atoms with Crippen LogP contribution >= 0.6 is 0 Å². The van der Waals surface area contributed by atoms with Crippen LogP contribution in [-0.2, 0) is 11.2 Å². The summed E-state index contributed by atoms with van der Waals surface area (Å²) in [5.41, 5.74) is 5.32. The molecule has 1 aromatic carbocycles. The van der Waals surface area contributed by atoms with E-state index in [9.17, 15) is 4.79 Å². The predicted octanol–water partition coefficient (Wildman–Crippen LogP) is 2.22. The Hall–Kier alpha value is -1.35. The Morgan fingerprint density at radius 1 is 1.16 bits per heavy atom. The minimum atomic E-state index is 0.204. The summed E-state index contributed by atoms with van der Waals surface area (Å²) < 4.78 is 0. The van der Waals surface area contributed by atoms with Crippen LogP contribution in [0.25, 0.3) is 0 Å². The highest BCUT2D eigenvalue weighted by Gasteiger charge is 2.09. The van der Waals surface area contributed by atoms with Crippen LogP contribution in [0, 0.1) is 20.8 Å². The Balaban J connectivity index is 2.57. The second kappa shape index (κ2) is 7.29. The average Bonchev–Trinajstić information content (AvgIpc) is 2.38. The van der Waals surface area contributed by atoms with Gasteiger partial charge in [-0.1, -0.05) is 12.1 Å². The molecule has 1 amide bonds. The lowest BCUT2D eigenvalue weighted by Gasteiger charge is -2.18. The Kier molecular flexibility index (Phi) is 6.03. The van der Waals surface area contributed by atoms with Crippen molar-refractivity contribution in [1.29, 1.82) is 0 Å². The minimum absolute atomic E-state index is 0.204. The Bertz CT molecular complexity index is 441. The standard InChI is InChI=1S/C16H26N2O/c1-12-10-14(3)15(11-13(12)2)7-9-18(5)16(19)6-8-17-4/h10-11,17H,6-9H2,1-5H3. The van der Waals surface area contributed by atoms with E-state index in [1.165, 1.54) is 22.3 Å². The summed E-state index contributed by atoms with van der Waals surface area (Å²) in [6.07, 6.45) is 1.49. The van der Waals surface area contributed by atoms with E-state index < -0.39 is 0 Å². The van der Waals surface area contributed by atoms with E-state index >= 15 is 0 Å². The average molecular weight is 262 g/mol. The maximum atomic E-state index is 11.8. The molecule has 0 atom stereocenters. The zero-order valence-electron chi connectivity index (χ0n) is 12.8. The van der Waals surface area contributed by atoms with Crippen LogP contribution in [0.1, 0.15) is 28.7 Å². The maximum Gasteiger partial charge on any atom is 0.223 e. The Morgan fingerprint density at radius 2 is 1.79 bits per heavy atom. The fraction of sp³-hybridized carbons (Fsp3) is 0.562. The number of rotatable bonds is 6. The maximum absolute atomic E-state index is 11.8. The quantitative estimate of drug-likeness (QED) is 0.852. The van der Waals surface area contributed by atoms with E-state index in [0.717, 1.165) is 19.5 Å². The van der Waals surface area contributed by atoms with E-state index in [2.05, 4.69) is 38.2 Å². The molecular weight excluding hydrogens is 236 g/mol. The molecule has 0 aliphatic heterocycles. The van der Waals surface area contributed by atoms with Gasteiger partial charge in [0.05, 0.1) is 0 Å². The van der Waals surface area contributed by atoms with Gasteiger partial charge in [0, 0.05) is 26.6 Å². The van der Waals surface area contributed by atoms with E-state index in [0.29, 0.717) is 6.42 Å². The molecule has 3 nitrogen and oxygen atoms in total. The third-order valence-corrected chi connectivity index (χ3v) is 3.68.